The number of hydrogen-bond acceptors (Lipinski definition) is 4. The maximum absolute atomic E-state index is 13.5. The highest BCUT2D eigenvalue weighted by molar-refractivity contribution is 5.97. The molecule has 2 fully saturated rings. The van der Waals surface area contributed by atoms with E-state index in [4.69, 9.17) is 9.47 Å². The molecule has 0 spiro atoms. The molecule has 1 saturated carbocycles. The van der Waals surface area contributed by atoms with Gasteiger partial charge in [0.15, 0.2) is 5.49 Å². The van der Waals surface area contributed by atoms with Crippen LogP contribution in [0.5, 0.6) is 5.75 Å². The first kappa shape index (κ1) is 26.5. The second-order valence-electron chi connectivity index (χ2n) is 10.8. The molecule has 1 saturated heterocycles. The van der Waals surface area contributed by atoms with E-state index in [-0.39, 0.29) is 41.5 Å². The molecular weight excluding hydrogens is 475 g/mol. The number of aliphatic hydroxyl groups is 1. The fraction of sp³-hybridized carbons (Fsp3) is 0.615. The van der Waals surface area contributed by atoms with Gasteiger partial charge in [0.1, 0.15) is 5.75 Å². The number of benzene rings is 1. The number of halogens is 3. The van der Waals surface area contributed by atoms with Crippen LogP contribution < -0.4 is 10.2 Å². The van der Waals surface area contributed by atoms with Crippen molar-refractivity contribution in [1.29, 1.82) is 0 Å². The molecule has 1 N–H and O–H groups in total. The Bertz CT molecular complexity index is 1160. The molecule has 4 rings (SSSR count). The van der Waals surface area contributed by atoms with Crippen LogP contribution in [0.1, 0.15) is 68.1 Å². The number of carbonyl (C=O) groups excluding carboxylic acids is 1. The summed E-state index contributed by atoms with van der Waals surface area (Å²) >= 11 is 0. The van der Waals surface area contributed by atoms with Gasteiger partial charge in [-0.25, -0.2) is 0 Å². The quantitative estimate of drug-likeness (QED) is 0.633. The number of carbonyl (C=O) groups is 1. The Morgan fingerprint density at radius 2 is 1.94 bits per heavy atom. The zero-order valence-corrected chi connectivity index (χ0v) is 21.1. The van der Waals surface area contributed by atoms with Crippen LogP contribution in [-0.4, -0.2) is 45.8 Å². The zero-order chi connectivity index (χ0) is 26.3. The van der Waals surface area contributed by atoms with Crippen LogP contribution in [0.25, 0.3) is 0 Å². The van der Waals surface area contributed by atoms with Crippen LogP contribution >= 0.6 is 0 Å². The Labute approximate surface area is 208 Å². The first-order valence-corrected chi connectivity index (χ1v) is 12.3. The Morgan fingerprint density at radius 1 is 1.22 bits per heavy atom. The number of amides is 1. The first-order valence-electron chi connectivity index (χ1n) is 12.3. The Hall–Kier alpha value is -2.59. The van der Waals surface area contributed by atoms with Crippen molar-refractivity contribution in [2.75, 3.05) is 13.2 Å². The maximum Gasteiger partial charge on any atom is 0.416 e. The predicted molar refractivity (Wildman–Crippen MR) is 127 cm³/mol. The van der Waals surface area contributed by atoms with Crippen molar-refractivity contribution in [3.8, 4) is 5.75 Å². The summed E-state index contributed by atoms with van der Waals surface area (Å²) in [4.78, 5) is 17.6. The van der Waals surface area contributed by atoms with Gasteiger partial charge in [0, 0.05) is 30.8 Å². The molecule has 1 aliphatic heterocycles. The summed E-state index contributed by atoms with van der Waals surface area (Å²) in [6, 6.07) is 4.68. The molecular formula is C26H34F3N3O4. The lowest BCUT2D eigenvalue weighted by atomic mass is 9.83. The topological polar surface area (TPSA) is 78.0 Å². The van der Waals surface area contributed by atoms with Crippen molar-refractivity contribution in [3.05, 3.63) is 46.6 Å². The van der Waals surface area contributed by atoms with E-state index in [1.54, 1.807) is 6.07 Å². The highest BCUT2D eigenvalue weighted by atomic mass is 19.4. The van der Waals surface area contributed by atoms with Gasteiger partial charge in [0.25, 0.3) is 5.91 Å². The van der Waals surface area contributed by atoms with Crippen molar-refractivity contribution < 1.29 is 32.5 Å². The van der Waals surface area contributed by atoms with Gasteiger partial charge in [-0.2, -0.15) is 18.2 Å². The Morgan fingerprint density at radius 3 is 2.53 bits per heavy atom. The first-order chi connectivity index (χ1) is 16.8. The Kier molecular flexibility index (Phi) is 7.39. The van der Waals surface area contributed by atoms with Crippen LogP contribution in [0.15, 0.2) is 29.3 Å². The van der Waals surface area contributed by atoms with Crippen LogP contribution in [0, 0.1) is 5.92 Å². The summed E-state index contributed by atoms with van der Waals surface area (Å²) in [5.74, 6) is -0.660. The second kappa shape index (κ2) is 10.0. The molecule has 2 heterocycles. The molecule has 1 amide bonds. The third-order valence-electron chi connectivity index (χ3n) is 6.85. The number of ether oxygens (including phenoxy) is 2. The summed E-state index contributed by atoms with van der Waals surface area (Å²) in [6.45, 7) is 7.49. The zero-order valence-electron chi connectivity index (χ0n) is 21.1. The lowest BCUT2D eigenvalue weighted by Crippen LogP contribution is -2.32. The third kappa shape index (κ3) is 5.86. The fourth-order valence-corrected chi connectivity index (χ4v) is 4.77. The molecule has 36 heavy (non-hydrogen) atoms. The van der Waals surface area contributed by atoms with E-state index in [2.05, 4.69) is 4.99 Å². The monoisotopic (exact) mass is 509 g/mol. The van der Waals surface area contributed by atoms with Gasteiger partial charge in [0.2, 0.25) is 0 Å². The van der Waals surface area contributed by atoms with E-state index < -0.39 is 17.6 Å². The van der Waals surface area contributed by atoms with Gasteiger partial charge < -0.3 is 14.6 Å². The molecule has 1 aliphatic carbocycles. The molecule has 1 aromatic heterocycles. The molecule has 1 aromatic carbocycles. The van der Waals surface area contributed by atoms with E-state index in [0.717, 1.165) is 30.7 Å². The van der Waals surface area contributed by atoms with Gasteiger partial charge in [0.05, 0.1) is 36.5 Å². The molecule has 0 radical (unpaired) electrons. The van der Waals surface area contributed by atoms with Gasteiger partial charge in [-0.1, -0.05) is 20.8 Å². The molecule has 1 atom stereocenters. The minimum Gasteiger partial charge on any atom is -0.492 e. The highest BCUT2D eigenvalue weighted by Gasteiger charge is 2.33. The van der Waals surface area contributed by atoms with E-state index >= 15 is 0 Å². The molecule has 0 unspecified atom stereocenters. The van der Waals surface area contributed by atoms with E-state index in [1.807, 2.05) is 37.2 Å². The number of aliphatic hydroxyl groups excluding tert-OH is 1. The summed E-state index contributed by atoms with van der Waals surface area (Å²) in [6.07, 6.45) is -2.04. The van der Waals surface area contributed by atoms with Crippen LogP contribution in [0.2, 0.25) is 0 Å². The lowest BCUT2D eigenvalue weighted by Gasteiger charge is -2.31. The highest BCUT2D eigenvalue weighted by Crippen LogP contribution is 2.34. The van der Waals surface area contributed by atoms with Gasteiger partial charge in [-0.15, -0.1) is 0 Å². The minimum atomic E-state index is -4.61. The molecule has 0 bridgehead atoms. The molecule has 198 valence electrons. The molecule has 2 aromatic rings. The van der Waals surface area contributed by atoms with E-state index in [1.165, 1.54) is 6.07 Å². The standard InChI is InChI=1S/C26H34F3N3O4/c1-25(2,3)22-13-23(32(31(22)4)14-19-6-5-9-35-19)30-24(34)20-12-17(26(27,28)29)7-8-21(20)36-15-16-10-18(33)11-16/h7-8,12-13,16,18-19,33H,5-6,9-11,14-15H2,1-4H3/b30-23+/t16-,18+,19-/m1/s1. The third-order valence-corrected chi connectivity index (χ3v) is 6.85. The number of rotatable bonds is 6. The number of hydrogen-bond donors (Lipinski definition) is 1. The summed E-state index contributed by atoms with van der Waals surface area (Å²) in [5.41, 5.74) is -0.149. The van der Waals surface area contributed by atoms with Crippen molar-refractivity contribution in [3.63, 3.8) is 0 Å². The van der Waals surface area contributed by atoms with Gasteiger partial charge in [-0.3, -0.25) is 14.2 Å². The smallest absolute Gasteiger partial charge is 0.416 e. The van der Waals surface area contributed by atoms with Gasteiger partial charge in [-0.05, 0) is 49.8 Å². The van der Waals surface area contributed by atoms with Crippen molar-refractivity contribution in [2.45, 2.75) is 76.8 Å². The average Bonchev–Trinajstić information content (AvgIpc) is 3.38. The van der Waals surface area contributed by atoms with Crippen molar-refractivity contribution in [2.24, 2.45) is 18.0 Å². The number of nitrogens with zero attached hydrogens (tertiary/aromatic N) is 3. The van der Waals surface area contributed by atoms with Gasteiger partial charge >= 0.3 is 6.18 Å². The maximum atomic E-state index is 13.5. The average molecular weight is 510 g/mol. The Balaban J connectivity index is 1.72. The fourth-order valence-electron chi connectivity index (χ4n) is 4.77. The summed E-state index contributed by atoms with van der Waals surface area (Å²) < 4.78 is 55.7. The van der Waals surface area contributed by atoms with Crippen molar-refractivity contribution in [1.82, 2.24) is 9.36 Å². The van der Waals surface area contributed by atoms with E-state index in [9.17, 15) is 23.1 Å². The minimum absolute atomic E-state index is 0.0225. The molecule has 10 heteroatoms. The number of aromatic nitrogens is 2. The van der Waals surface area contributed by atoms with Crippen molar-refractivity contribution >= 4 is 5.91 Å². The summed E-state index contributed by atoms with van der Waals surface area (Å²) in [7, 11) is 1.88. The SMILES string of the molecule is Cn1c(C(C)(C)C)c/c(=N\C(=O)c2cc(C(F)(F)F)ccc2OC[C@H]2C[C@@H](O)C2)n1C[C@H]1CCCO1. The number of alkyl halides is 3. The second-order valence-corrected chi connectivity index (χ2v) is 10.8. The summed E-state index contributed by atoms with van der Waals surface area (Å²) in [5, 5.41) is 9.49. The lowest BCUT2D eigenvalue weighted by molar-refractivity contribution is -0.137. The molecule has 7 nitrogen and oxygen atoms in total. The van der Waals surface area contributed by atoms with E-state index in [0.29, 0.717) is 31.5 Å². The van der Waals surface area contributed by atoms with Crippen LogP contribution in [0.3, 0.4) is 0 Å². The largest absolute Gasteiger partial charge is 0.492 e. The molecule has 2 aliphatic rings. The predicted octanol–water partition coefficient (Wildman–Crippen LogP) is 4.21. The van der Waals surface area contributed by atoms with Crippen LogP contribution in [-0.2, 0) is 29.9 Å². The van der Waals surface area contributed by atoms with Crippen LogP contribution in [0.4, 0.5) is 13.2 Å². The normalized spacial score (nSPS) is 23.1.